The van der Waals surface area contributed by atoms with Crippen LogP contribution >= 0.6 is 7.82 Å². The van der Waals surface area contributed by atoms with Crippen molar-refractivity contribution in [3.8, 4) is 17.2 Å². The fraction of sp³-hybridized carbons (Fsp3) is 0.333. The van der Waals surface area contributed by atoms with E-state index in [9.17, 15) is 4.57 Å². The quantitative estimate of drug-likeness (QED) is 0.804. The predicted octanol–water partition coefficient (Wildman–Crippen LogP) is 2.78. The normalized spacial score (nSPS) is 24.3. The third-order valence-electron chi connectivity index (χ3n) is 2.26. The van der Waals surface area contributed by atoms with Crippen molar-refractivity contribution in [2.45, 2.75) is 13.3 Å². The van der Waals surface area contributed by atoms with Gasteiger partial charge in [-0.3, -0.25) is 0 Å². The summed E-state index contributed by atoms with van der Waals surface area (Å²) in [7, 11) is -3.35. The average molecular weight is 227 g/mol. The molecule has 1 aromatic carbocycles. The van der Waals surface area contributed by atoms with Crippen molar-refractivity contribution in [2.24, 2.45) is 0 Å². The number of benzene rings is 1. The molecule has 3 rings (SSSR count). The molecular formula is C9H10NO4P. The lowest BCUT2D eigenvalue weighted by Gasteiger charge is -2.13. The van der Waals surface area contributed by atoms with Gasteiger partial charge in [0, 0.05) is 6.54 Å². The van der Waals surface area contributed by atoms with Gasteiger partial charge in [0.2, 0.25) is 11.5 Å². The molecule has 15 heavy (non-hydrogen) atoms. The van der Waals surface area contributed by atoms with Gasteiger partial charge >= 0.3 is 7.82 Å². The smallest absolute Gasteiger partial charge is 0.382 e. The summed E-state index contributed by atoms with van der Waals surface area (Å²) >= 11 is 0. The fourth-order valence-corrected chi connectivity index (χ4v) is 2.89. The van der Waals surface area contributed by atoms with Gasteiger partial charge in [0.05, 0.1) is 5.69 Å². The molecule has 2 aliphatic rings. The first-order valence-corrected chi connectivity index (χ1v) is 6.27. The molecule has 0 saturated heterocycles. The summed E-state index contributed by atoms with van der Waals surface area (Å²) in [6.45, 7) is 2.90. The molecule has 6 heteroatoms. The van der Waals surface area contributed by atoms with Gasteiger partial charge in [0.25, 0.3) is 0 Å². The first-order chi connectivity index (χ1) is 7.22. The van der Waals surface area contributed by atoms with Crippen LogP contribution in [0.2, 0.25) is 0 Å². The van der Waals surface area contributed by atoms with Crippen LogP contribution in [0, 0.1) is 0 Å². The highest BCUT2D eigenvalue weighted by molar-refractivity contribution is 7.50. The summed E-state index contributed by atoms with van der Waals surface area (Å²) in [5, 5.41) is 3.18. The molecule has 2 heterocycles. The summed E-state index contributed by atoms with van der Waals surface area (Å²) in [4.78, 5) is 0. The lowest BCUT2D eigenvalue weighted by atomic mass is 10.2. The maximum Gasteiger partial charge on any atom is 0.647 e. The molecule has 1 unspecified atom stereocenters. The van der Waals surface area contributed by atoms with E-state index < -0.39 is 7.82 Å². The van der Waals surface area contributed by atoms with Crippen molar-refractivity contribution >= 4 is 13.5 Å². The molecular weight excluding hydrogens is 217 g/mol. The molecule has 0 amide bonds. The zero-order chi connectivity index (χ0) is 10.5. The lowest BCUT2D eigenvalue weighted by Crippen LogP contribution is -2.03. The van der Waals surface area contributed by atoms with Crippen LogP contribution in [-0.4, -0.2) is 6.54 Å². The standard InChI is InChI=1S/C9H10NO4P/c1-2-5-10-6-3-4-7-9-8(6)13-15(11,12-7)14-9/h3-4,10H,2,5H2,1H3. The van der Waals surface area contributed by atoms with E-state index in [0.717, 1.165) is 18.7 Å². The fourth-order valence-electron chi connectivity index (χ4n) is 1.59. The summed E-state index contributed by atoms with van der Waals surface area (Å²) in [5.41, 5.74) is 0.802. The molecule has 2 bridgehead atoms. The Morgan fingerprint density at radius 3 is 2.80 bits per heavy atom. The molecule has 0 aliphatic carbocycles. The summed E-state index contributed by atoms with van der Waals surface area (Å²) in [6, 6.07) is 3.57. The minimum absolute atomic E-state index is 0.458. The van der Waals surface area contributed by atoms with Crippen LogP contribution in [0.3, 0.4) is 0 Å². The van der Waals surface area contributed by atoms with Crippen LogP contribution in [0.1, 0.15) is 13.3 Å². The van der Waals surface area contributed by atoms with Crippen molar-refractivity contribution in [1.82, 2.24) is 0 Å². The Morgan fingerprint density at radius 2 is 2.07 bits per heavy atom. The molecule has 0 radical (unpaired) electrons. The van der Waals surface area contributed by atoms with Crippen molar-refractivity contribution in [3.63, 3.8) is 0 Å². The van der Waals surface area contributed by atoms with Crippen LogP contribution in [-0.2, 0) is 4.57 Å². The number of hydrogen-bond donors (Lipinski definition) is 1. The van der Waals surface area contributed by atoms with Crippen LogP contribution in [0.5, 0.6) is 17.2 Å². The van der Waals surface area contributed by atoms with E-state index in [2.05, 4.69) is 12.2 Å². The molecule has 1 aromatic rings. The van der Waals surface area contributed by atoms with Gasteiger partial charge in [-0.2, -0.15) is 4.57 Å². The third kappa shape index (κ3) is 1.20. The molecule has 0 aromatic heterocycles. The van der Waals surface area contributed by atoms with E-state index in [-0.39, 0.29) is 0 Å². The van der Waals surface area contributed by atoms with Crippen LogP contribution < -0.4 is 18.9 Å². The monoisotopic (exact) mass is 227 g/mol. The molecule has 80 valence electrons. The van der Waals surface area contributed by atoms with E-state index >= 15 is 0 Å². The second kappa shape index (κ2) is 2.83. The molecule has 0 saturated carbocycles. The minimum Gasteiger partial charge on any atom is -0.382 e. The first kappa shape index (κ1) is 8.92. The van der Waals surface area contributed by atoms with Crippen LogP contribution in [0.25, 0.3) is 0 Å². The molecule has 1 atom stereocenters. The molecule has 2 aliphatic heterocycles. The van der Waals surface area contributed by atoms with E-state index in [1.54, 1.807) is 6.07 Å². The van der Waals surface area contributed by atoms with Crippen LogP contribution in [0.4, 0.5) is 5.69 Å². The second-order valence-corrected chi connectivity index (χ2v) is 4.86. The maximum absolute atomic E-state index is 11.7. The van der Waals surface area contributed by atoms with Crippen molar-refractivity contribution in [2.75, 3.05) is 11.9 Å². The Kier molecular flexibility index (Phi) is 1.68. The number of phosphoric ester groups is 1. The van der Waals surface area contributed by atoms with Gasteiger partial charge in [-0.1, -0.05) is 6.92 Å². The number of fused-ring (bicyclic) bond motifs is 1. The summed E-state index contributed by atoms with van der Waals surface area (Å²) in [6.07, 6.45) is 1.01. The van der Waals surface area contributed by atoms with E-state index in [4.69, 9.17) is 13.6 Å². The Balaban J connectivity index is 2.02. The van der Waals surface area contributed by atoms with Gasteiger partial charge in [-0.15, -0.1) is 0 Å². The zero-order valence-electron chi connectivity index (χ0n) is 8.15. The largest absolute Gasteiger partial charge is 0.647 e. The molecule has 0 fully saturated rings. The second-order valence-electron chi connectivity index (χ2n) is 3.42. The van der Waals surface area contributed by atoms with Crippen LogP contribution in [0.15, 0.2) is 12.1 Å². The minimum atomic E-state index is -3.35. The van der Waals surface area contributed by atoms with E-state index in [0.29, 0.717) is 17.2 Å². The van der Waals surface area contributed by atoms with Gasteiger partial charge in [-0.05, 0) is 18.6 Å². The molecule has 5 nitrogen and oxygen atoms in total. The predicted molar refractivity (Wildman–Crippen MR) is 54.7 cm³/mol. The Hall–Kier alpha value is -1.35. The van der Waals surface area contributed by atoms with Gasteiger partial charge < -0.3 is 18.9 Å². The third-order valence-corrected chi connectivity index (χ3v) is 3.49. The molecule has 1 N–H and O–H groups in total. The SMILES string of the molecule is CCCNc1ccc2c3c1OP(=O)(O2)O3. The maximum atomic E-state index is 11.7. The summed E-state index contributed by atoms with van der Waals surface area (Å²) in [5.74, 6) is 1.47. The van der Waals surface area contributed by atoms with E-state index in [1.165, 1.54) is 0 Å². The van der Waals surface area contributed by atoms with Gasteiger partial charge in [0.1, 0.15) is 0 Å². The number of anilines is 1. The number of nitrogens with one attached hydrogen (secondary N) is 1. The highest BCUT2D eigenvalue weighted by Gasteiger charge is 2.50. The average Bonchev–Trinajstić information content (AvgIpc) is 2.69. The number of rotatable bonds is 3. The highest BCUT2D eigenvalue weighted by Crippen LogP contribution is 2.70. The molecule has 0 spiro atoms. The number of phosphoric acid groups is 1. The Morgan fingerprint density at radius 1 is 1.27 bits per heavy atom. The van der Waals surface area contributed by atoms with Crippen molar-refractivity contribution in [3.05, 3.63) is 12.1 Å². The Labute approximate surface area is 87.0 Å². The number of hydrogen-bond acceptors (Lipinski definition) is 5. The van der Waals surface area contributed by atoms with Gasteiger partial charge in [-0.25, -0.2) is 0 Å². The Bertz CT molecular complexity index is 473. The zero-order valence-corrected chi connectivity index (χ0v) is 9.04. The highest BCUT2D eigenvalue weighted by atomic mass is 31.2. The first-order valence-electron chi connectivity index (χ1n) is 4.81. The van der Waals surface area contributed by atoms with Crippen molar-refractivity contribution < 1.29 is 18.1 Å². The topological polar surface area (TPSA) is 56.8 Å². The summed E-state index contributed by atoms with van der Waals surface area (Å²) < 4.78 is 26.9. The lowest BCUT2D eigenvalue weighted by molar-refractivity contribution is 0.354. The van der Waals surface area contributed by atoms with Gasteiger partial charge in [0.15, 0.2) is 5.75 Å². The van der Waals surface area contributed by atoms with Crippen molar-refractivity contribution in [1.29, 1.82) is 0 Å². The van der Waals surface area contributed by atoms with E-state index in [1.807, 2.05) is 6.07 Å².